The summed E-state index contributed by atoms with van der Waals surface area (Å²) < 4.78 is 34.6. The molecule has 10 heteroatoms. The van der Waals surface area contributed by atoms with E-state index in [-0.39, 0.29) is 23.9 Å². The molecule has 1 atom stereocenters. The molecule has 3 N–H and O–H groups in total. The fraction of sp³-hybridized carbons (Fsp3) is 0.500. The third-order valence-electron chi connectivity index (χ3n) is 6.06. The number of urea groups is 1. The Morgan fingerprint density at radius 1 is 1.17 bits per heavy atom. The molecule has 1 aliphatic heterocycles. The minimum atomic E-state index is -4.19. The van der Waals surface area contributed by atoms with E-state index in [1.807, 2.05) is 0 Å². The maximum atomic E-state index is 12.9. The standard InChI is InChI=1S/C20H24N4O5S/c25-14-7-8-29-19-17(10-21-24(19)11-14)30(27,28)23-20(26)22-18-15-5-1-3-12(15)9-13-4-2-6-16(13)18/h9-10,14,25H,1-8,11H2,(H2,22,23,26)/t14-/m1/s1. The molecule has 160 valence electrons. The maximum Gasteiger partial charge on any atom is 0.333 e. The zero-order chi connectivity index (χ0) is 20.9. The van der Waals surface area contributed by atoms with Crippen molar-refractivity contribution in [2.45, 2.75) is 62.5 Å². The van der Waals surface area contributed by atoms with Gasteiger partial charge in [0.1, 0.15) is 0 Å². The number of benzene rings is 1. The summed E-state index contributed by atoms with van der Waals surface area (Å²) in [5.74, 6) is 0.0355. The van der Waals surface area contributed by atoms with Gasteiger partial charge in [-0.3, -0.25) is 0 Å². The fourth-order valence-corrected chi connectivity index (χ4v) is 5.67. The molecule has 0 spiro atoms. The number of hydrogen-bond donors (Lipinski definition) is 3. The number of hydrogen-bond acceptors (Lipinski definition) is 6. The van der Waals surface area contributed by atoms with Crippen LogP contribution in [0.3, 0.4) is 0 Å². The predicted molar refractivity (Wildman–Crippen MR) is 108 cm³/mol. The number of aliphatic hydroxyl groups excluding tert-OH is 1. The minimum Gasteiger partial charge on any atom is -0.477 e. The highest BCUT2D eigenvalue weighted by Gasteiger charge is 2.30. The van der Waals surface area contributed by atoms with Crippen molar-refractivity contribution in [2.75, 3.05) is 11.9 Å². The zero-order valence-corrected chi connectivity index (χ0v) is 17.3. The van der Waals surface area contributed by atoms with Crippen LogP contribution in [0.5, 0.6) is 5.88 Å². The Bertz CT molecular complexity index is 1090. The smallest absolute Gasteiger partial charge is 0.333 e. The largest absolute Gasteiger partial charge is 0.477 e. The second-order valence-corrected chi connectivity index (χ2v) is 9.73. The maximum absolute atomic E-state index is 12.9. The van der Waals surface area contributed by atoms with Crippen molar-refractivity contribution in [3.8, 4) is 5.88 Å². The molecule has 5 rings (SSSR count). The molecule has 30 heavy (non-hydrogen) atoms. The first-order chi connectivity index (χ1) is 14.4. The lowest BCUT2D eigenvalue weighted by atomic mass is 9.99. The third kappa shape index (κ3) is 3.33. The van der Waals surface area contributed by atoms with Gasteiger partial charge in [0.05, 0.1) is 25.5 Å². The summed E-state index contributed by atoms with van der Waals surface area (Å²) in [6.07, 6.45) is 6.68. The highest BCUT2D eigenvalue weighted by molar-refractivity contribution is 7.90. The van der Waals surface area contributed by atoms with Gasteiger partial charge in [-0.2, -0.15) is 5.10 Å². The molecular weight excluding hydrogens is 408 g/mol. The Hall–Kier alpha value is -2.59. The van der Waals surface area contributed by atoms with Crippen LogP contribution >= 0.6 is 0 Å². The van der Waals surface area contributed by atoms with Crippen molar-refractivity contribution in [3.63, 3.8) is 0 Å². The molecule has 0 bridgehead atoms. The van der Waals surface area contributed by atoms with Crippen molar-refractivity contribution in [1.82, 2.24) is 14.5 Å². The van der Waals surface area contributed by atoms with Crippen LogP contribution in [0.2, 0.25) is 0 Å². The fourth-order valence-electron chi connectivity index (χ4n) is 4.68. The lowest BCUT2D eigenvalue weighted by Crippen LogP contribution is -2.35. The summed E-state index contributed by atoms with van der Waals surface area (Å²) in [5, 5.41) is 16.7. The van der Waals surface area contributed by atoms with Crippen LogP contribution in [-0.2, 0) is 42.3 Å². The van der Waals surface area contributed by atoms with Gasteiger partial charge in [0.2, 0.25) is 5.88 Å². The van der Waals surface area contributed by atoms with E-state index in [9.17, 15) is 18.3 Å². The summed E-state index contributed by atoms with van der Waals surface area (Å²) in [4.78, 5) is 12.5. The number of sulfonamides is 1. The molecule has 2 aromatic rings. The average molecular weight is 433 g/mol. The second-order valence-electron chi connectivity index (χ2n) is 8.08. The molecule has 0 radical (unpaired) electrons. The number of ether oxygens (including phenoxy) is 1. The SMILES string of the molecule is O=C(Nc1c2c(cc3c1CCC3)CCC2)NS(=O)(=O)c1cnn2c1OCC[C@@H](O)C2. The van der Waals surface area contributed by atoms with Crippen molar-refractivity contribution in [1.29, 1.82) is 0 Å². The number of aliphatic hydroxyl groups is 1. The lowest BCUT2D eigenvalue weighted by Gasteiger charge is -2.16. The number of nitrogens with zero attached hydrogens (tertiary/aromatic N) is 2. The molecule has 2 aliphatic carbocycles. The summed E-state index contributed by atoms with van der Waals surface area (Å²) in [7, 11) is -4.19. The molecular formula is C20H24N4O5S. The Kier molecular flexibility index (Phi) is 4.70. The Labute approximate surface area is 174 Å². The van der Waals surface area contributed by atoms with E-state index in [0.29, 0.717) is 6.42 Å². The first-order valence-corrected chi connectivity index (χ1v) is 11.8. The van der Waals surface area contributed by atoms with Crippen LogP contribution in [0.25, 0.3) is 0 Å². The molecule has 9 nitrogen and oxygen atoms in total. The van der Waals surface area contributed by atoms with Crippen molar-refractivity contribution in [3.05, 3.63) is 34.5 Å². The number of aromatic nitrogens is 2. The van der Waals surface area contributed by atoms with E-state index >= 15 is 0 Å². The van der Waals surface area contributed by atoms with E-state index in [2.05, 4.69) is 21.2 Å². The van der Waals surface area contributed by atoms with Gasteiger partial charge < -0.3 is 15.2 Å². The van der Waals surface area contributed by atoms with Gasteiger partial charge >= 0.3 is 6.03 Å². The monoisotopic (exact) mass is 432 g/mol. The molecule has 0 fully saturated rings. The van der Waals surface area contributed by atoms with Crippen LogP contribution in [0, 0.1) is 0 Å². The molecule has 2 amide bonds. The molecule has 0 saturated carbocycles. The minimum absolute atomic E-state index is 0.0355. The van der Waals surface area contributed by atoms with Crippen molar-refractivity contribution >= 4 is 21.7 Å². The van der Waals surface area contributed by atoms with Crippen LogP contribution in [0.1, 0.15) is 41.5 Å². The summed E-state index contributed by atoms with van der Waals surface area (Å²) >= 11 is 0. The molecule has 0 unspecified atom stereocenters. The van der Waals surface area contributed by atoms with Gasteiger partial charge in [-0.15, -0.1) is 0 Å². The van der Waals surface area contributed by atoms with Crippen LogP contribution < -0.4 is 14.8 Å². The third-order valence-corrected chi connectivity index (χ3v) is 7.37. The lowest BCUT2D eigenvalue weighted by molar-refractivity contribution is 0.138. The Morgan fingerprint density at radius 3 is 2.57 bits per heavy atom. The highest BCUT2D eigenvalue weighted by Crippen LogP contribution is 2.38. The van der Waals surface area contributed by atoms with Gasteiger partial charge in [-0.1, -0.05) is 6.07 Å². The number of aryl methyl sites for hydroxylation is 2. The van der Waals surface area contributed by atoms with E-state index < -0.39 is 22.2 Å². The van der Waals surface area contributed by atoms with Crippen LogP contribution in [0.15, 0.2) is 17.2 Å². The number of carbonyl (C=O) groups excluding carboxylic acids is 1. The van der Waals surface area contributed by atoms with E-state index in [1.165, 1.54) is 15.8 Å². The number of fused-ring (bicyclic) bond motifs is 3. The van der Waals surface area contributed by atoms with Crippen molar-refractivity contribution < 1.29 is 23.1 Å². The van der Waals surface area contributed by atoms with Crippen molar-refractivity contribution in [2.24, 2.45) is 0 Å². The predicted octanol–water partition coefficient (Wildman–Crippen LogP) is 1.51. The Balaban J connectivity index is 1.40. The zero-order valence-electron chi connectivity index (χ0n) is 16.5. The summed E-state index contributed by atoms with van der Waals surface area (Å²) in [6, 6.07) is 1.45. The van der Waals surface area contributed by atoms with Gasteiger partial charge in [0, 0.05) is 12.1 Å². The molecule has 2 heterocycles. The number of amides is 2. The quantitative estimate of drug-likeness (QED) is 0.676. The first-order valence-electron chi connectivity index (χ1n) is 10.3. The molecule has 3 aliphatic rings. The van der Waals surface area contributed by atoms with Gasteiger partial charge in [0.25, 0.3) is 10.0 Å². The first kappa shape index (κ1) is 19.4. The number of carbonyl (C=O) groups is 1. The van der Waals surface area contributed by atoms with Gasteiger partial charge in [0.15, 0.2) is 4.90 Å². The summed E-state index contributed by atoms with van der Waals surface area (Å²) in [5.41, 5.74) is 5.53. The highest BCUT2D eigenvalue weighted by atomic mass is 32.2. The second kappa shape index (κ2) is 7.28. The van der Waals surface area contributed by atoms with Crippen LogP contribution in [-0.4, -0.2) is 42.0 Å². The number of nitrogens with one attached hydrogen (secondary N) is 2. The van der Waals surface area contributed by atoms with Crippen LogP contribution in [0.4, 0.5) is 10.5 Å². The van der Waals surface area contributed by atoms with Gasteiger partial charge in [-0.25, -0.2) is 22.6 Å². The molecule has 0 saturated heterocycles. The summed E-state index contributed by atoms with van der Waals surface area (Å²) in [6.45, 7) is 0.309. The molecule has 1 aromatic heterocycles. The van der Waals surface area contributed by atoms with E-state index in [4.69, 9.17) is 4.74 Å². The van der Waals surface area contributed by atoms with E-state index in [0.717, 1.165) is 61.5 Å². The number of anilines is 1. The average Bonchev–Trinajstić information content (AvgIpc) is 3.39. The normalized spacial score (nSPS) is 20.0. The Morgan fingerprint density at radius 2 is 1.87 bits per heavy atom. The van der Waals surface area contributed by atoms with E-state index in [1.54, 1.807) is 0 Å². The number of rotatable bonds is 3. The molecule has 1 aromatic carbocycles. The van der Waals surface area contributed by atoms with Gasteiger partial charge in [-0.05, 0) is 60.8 Å². The topological polar surface area (TPSA) is 123 Å².